The van der Waals surface area contributed by atoms with Gasteiger partial charge in [0.25, 0.3) is 0 Å². The average molecular weight is 223 g/mol. The molecule has 4 atom stereocenters. The lowest BCUT2D eigenvalue weighted by molar-refractivity contribution is 0.105. The van der Waals surface area contributed by atoms with Crippen LogP contribution >= 0.6 is 0 Å². The molecule has 1 aliphatic heterocycles. The van der Waals surface area contributed by atoms with E-state index in [9.17, 15) is 0 Å². The summed E-state index contributed by atoms with van der Waals surface area (Å²) in [4.78, 5) is 2.75. The largest absolute Gasteiger partial charge is 0.303 e. The lowest BCUT2D eigenvalue weighted by atomic mass is 9.81. The van der Waals surface area contributed by atoms with Crippen LogP contribution in [0.1, 0.15) is 52.9 Å². The molecule has 2 rings (SSSR count). The van der Waals surface area contributed by atoms with E-state index < -0.39 is 0 Å². The summed E-state index contributed by atoms with van der Waals surface area (Å²) in [5.74, 6) is 3.83. The molecule has 0 aromatic rings. The fourth-order valence-corrected chi connectivity index (χ4v) is 4.03. The van der Waals surface area contributed by atoms with Gasteiger partial charge in [-0.15, -0.1) is 0 Å². The van der Waals surface area contributed by atoms with Gasteiger partial charge >= 0.3 is 0 Å². The molecule has 1 heteroatoms. The minimum atomic E-state index is 0.921. The van der Waals surface area contributed by atoms with Crippen LogP contribution in [0.15, 0.2) is 0 Å². The Morgan fingerprint density at radius 2 is 1.56 bits per heavy atom. The molecule has 0 radical (unpaired) electrons. The first-order valence-corrected chi connectivity index (χ1v) is 7.35. The summed E-state index contributed by atoms with van der Waals surface area (Å²) in [5, 5.41) is 0. The molecule has 2 fully saturated rings. The Bertz CT molecular complexity index is 203. The summed E-state index contributed by atoms with van der Waals surface area (Å²) < 4.78 is 0. The van der Waals surface area contributed by atoms with Crippen molar-refractivity contribution in [1.29, 1.82) is 0 Å². The zero-order valence-corrected chi connectivity index (χ0v) is 11.4. The molecule has 1 heterocycles. The molecule has 0 aromatic carbocycles. The second-order valence-electron chi connectivity index (χ2n) is 6.80. The molecule has 1 nitrogen and oxygen atoms in total. The van der Waals surface area contributed by atoms with Crippen molar-refractivity contribution in [2.24, 2.45) is 23.7 Å². The molecule has 1 saturated carbocycles. The van der Waals surface area contributed by atoms with Crippen molar-refractivity contribution in [3.05, 3.63) is 0 Å². The van der Waals surface area contributed by atoms with Gasteiger partial charge in [-0.2, -0.15) is 0 Å². The van der Waals surface area contributed by atoms with Crippen molar-refractivity contribution in [3.63, 3.8) is 0 Å². The standard InChI is InChI=1S/C15H29N/c1-12-5-4-6-15(8-12)11-16-9-13(2)7-14(3)10-16/h12-15H,4-11H2,1-3H3. The van der Waals surface area contributed by atoms with Crippen molar-refractivity contribution in [1.82, 2.24) is 4.90 Å². The molecule has 0 bridgehead atoms. The van der Waals surface area contributed by atoms with E-state index in [4.69, 9.17) is 0 Å². The summed E-state index contributed by atoms with van der Waals surface area (Å²) in [6.07, 6.45) is 7.37. The average Bonchev–Trinajstić information content (AvgIpc) is 2.15. The summed E-state index contributed by atoms with van der Waals surface area (Å²) in [7, 11) is 0. The maximum absolute atomic E-state index is 2.75. The first-order valence-electron chi connectivity index (χ1n) is 7.35. The molecule has 0 aromatic heterocycles. The zero-order valence-electron chi connectivity index (χ0n) is 11.4. The molecule has 0 spiro atoms. The van der Waals surface area contributed by atoms with Crippen LogP contribution in [0, 0.1) is 23.7 Å². The predicted octanol–water partition coefficient (Wildman–Crippen LogP) is 3.79. The van der Waals surface area contributed by atoms with Gasteiger partial charge in [-0.25, -0.2) is 0 Å². The highest BCUT2D eigenvalue weighted by Crippen LogP contribution is 2.30. The second kappa shape index (κ2) is 5.53. The maximum atomic E-state index is 2.75. The number of piperidine rings is 1. The molecule has 0 N–H and O–H groups in total. The minimum absolute atomic E-state index is 0.921. The maximum Gasteiger partial charge on any atom is 0.000998 e. The third kappa shape index (κ3) is 3.48. The second-order valence-corrected chi connectivity index (χ2v) is 6.80. The summed E-state index contributed by atoms with van der Waals surface area (Å²) in [6, 6.07) is 0. The molecule has 1 saturated heterocycles. The van der Waals surface area contributed by atoms with Gasteiger partial charge in [0.2, 0.25) is 0 Å². The van der Waals surface area contributed by atoms with Gasteiger partial charge in [-0.05, 0) is 42.9 Å². The van der Waals surface area contributed by atoms with E-state index in [0.717, 1.165) is 23.7 Å². The Kier molecular flexibility index (Phi) is 4.29. The Labute approximate surface area is 102 Å². The van der Waals surface area contributed by atoms with Crippen LogP contribution in [0.5, 0.6) is 0 Å². The van der Waals surface area contributed by atoms with Crippen molar-refractivity contribution < 1.29 is 0 Å². The van der Waals surface area contributed by atoms with Gasteiger partial charge in [0.1, 0.15) is 0 Å². The molecule has 4 unspecified atom stereocenters. The smallest absolute Gasteiger partial charge is 0.000998 e. The van der Waals surface area contributed by atoms with Crippen molar-refractivity contribution in [3.8, 4) is 0 Å². The van der Waals surface area contributed by atoms with Gasteiger partial charge in [0.15, 0.2) is 0 Å². The fourth-order valence-electron chi connectivity index (χ4n) is 4.03. The number of rotatable bonds is 2. The normalized spacial score (nSPS) is 42.2. The zero-order chi connectivity index (χ0) is 11.5. The molecule has 0 amide bonds. The van der Waals surface area contributed by atoms with Crippen LogP contribution in [-0.2, 0) is 0 Å². The highest BCUT2D eigenvalue weighted by molar-refractivity contribution is 4.79. The quantitative estimate of drug-likeness (QED) is 0.688. The predicted molar refractivity (Wildman–Crippen MR) is 70.5 cm³/mol. The Balaban J connectivity index is 1.79. The fraction of sp³-hybridized carbons (Fsp3) is 1.00. The van der Waals surface area contributed by atoms with Gasteiger partial charge in [0.05, 0.1) is 0 Å². The van der Waals surface area contributed by atoms with Gasteiger partial charge in [-0.1, -0.05) is 33.6 Å². The van der Waals surface area contributed by atoms with E-state index in [1.165, 1.54) is 51.7 Å². The molecule has 1 aliphatic carbocycles. The molecule has 16 heavy (non-hydrogen) atoms. The van der Waals surface area contributed by atoms with E-state index in [0.29, 0.717) is 0 Å². The monoisotopic (exact) mass is 223 g/mol. The Morgan fingerprint density at radius 1 is 0.875 bits per heavy atom. The van der Waals surface area contributed by atoms with Crippen LogP contribution in [0.4, 0.5) is 0 Å². The van der Waals surface area contributed by atoms with E-state index in [1.54, 1.807) is 0 Å². The van der Waals surface area contributed by atoms with Gasteiger partial charge < -0.3 is 4.90 Å². The van der Waals surface area contributed by atoms with E-state index in [-0.39, 0.29) is 0 Å². The number of likely N-dealkylation sites (tertiary alicyclic amines) is 1. The van der Waals surface area contributed by atoms with Crippen LogP contribution in [0.2, 0.25) is 0 Å². The van der Waals surface area contributed by atoms with Gasteiger partial charge in [0, 0.05) is 19.6 Å². The molecular formula is C15H29N. The Hall–Kier alpha value is -0.0400. The van der Waals surface area contributed by atoms with E-state index in [2.05, 4.69) is 25.7 Å². The summed E-state index contributed by atoms with van der Waals surface area (Å²) in [5.41, 5.74) is 0. The van der Waals surface area contributed by atoms with Crippen molar-refractivity contribution >= 4 is 0 Å². The van der Waals surface area contributed by atoms with Crippen LogP contribution < -0.4 is 0 Å². The lowest BCUT2D eigenvalue weighted by Crippen LogP contribution is -2.41. The minimum Gasteiger partial charge on any atom is -0.303 e. The van der Waals surface area contributed by atoms with Crippen LogP contribution in [-0.4, -0.2) is 24.5 Å². The van der Waals surface area contributed by atoms with Gasteiger partial charge in [-0.3, -0.25) is 0 Å². The molecule has 94 valence electrons. The lowest BCUT2D eigenvalue weighted by Gasteiger charge is -2.38. The van der Waals surface area contributed by atoms with E-state index >= 15 is 0 Å². The number of hydrogen-bond acceptors (Lipinski definition) is 1. The summed E-state index contributed by atoms with van der Waals surface area (Å²) in [6.45, 7) is 11.4. The first kappa shape index (κ1) is 12.4. The first-order chi connectivity index (χ1) is 7.63. The van der Waals surface area contributed by atoms with Crippen LogP contribution in [0.25, 0.3) is 0 Å². The molecule has 2 aliphatic rings. The highest BCUT2D eigenvalue weighted by Gasteiger charge is 2.26. The topological polar surface area (TPSA) is 3.24 Å². The third-order valence-corrected chi connectivity index (χ3v) is 4.51. The van der Waals surface area contributed by atoms with E-state index in [1.807, 2.05) is 0 Å². The number of hydrogen-bond donors (Lipinski definition) is 0. The SMILES string of the molecule is CC1CCCC(CN2CC(C)CC(C)C2)C1. The van der Waals surface area contributed by atoms with Crippen molar-refractivity contribution in [2.75, 3.05) is 19.6 Å². The summed E-state index contributed by atoms with van der Waals surface area (Å²) >= 11 is 0. The number of nitrogens with zero attached hydrogens (tertiary/aromatic N) is 1. The Morgan fingerprint density at radius 3 is 2.19 bits per heavy atom. The van der Waals surface area contributed by atoms with Crippen LogP contribution in [0.3, 0.4) is 0 Å². The molecular weight excluding hydrogens is 194 g/mol. The van der Waals surface area contributed by atoms with Crippen molar-refractivity contribution in [2.45, 2.75) is 52.9 Å². The highest BCUT2D eigenvalue weighted by atomic mass is 15.1. The third-order valence-electron chi connectivity index (χ3n) is 4.51.